The number of alkyl halides is 3. The zero-order valence-corrected chi connectivity index (χ0v) is 15.1. The third-order valence-corrected chi connectivity index (χ3v) is 3.91. The Morgan fingerprint density at radius 2 is 1.97 bits per heavy atom. The van der Waals surface area contributed by atoms with Crippen LogP contribution in [0.5, 0.6) is 0 Å². The lowest BCUT2D eigenvalue weighted by Crippen LogP contribution is -2.24. The summed E-state index contributed by atoms with van der Waals surface area (Å²) in [7, 11) is 0. The average molecular weight is 406 g/mol. The molecule has 152 valence electrons. The fourth-order valence-corrected chi connectivity index (χ4v) is 2.46. The highest BCUT2D eigenvalue weighted by atomic mass is 19.4. The Morgan fingerprint density at radius 1 is 1.14 bits per heavy atom. The minimum atomic E-state index is -4.36. The van der Waals surface area contributed by atoms with Crippen LogP contribution in [0.3, 0.4) is 0 Å². The molecule has 0 spiro atoms. The fraction of sp³-hybridized carbons (Fsp3) is 0.278. The number of pyridine rings is 1. The molecule has 0 aliphatic rings. The predicted octanol–water partition coefficient (Wildman–Crippen LogP) is 2.01. The molecule has 0 atom stereocenters. The molecule has 2 N–H and O–H groups in total. The molecule has 29 heavy (non-hydrogen) atoms. The number of hydrogen-bond donors (Lipinski definition) is 2. The van der Waals surface area contributed by atoms with Crippen LogP contribution in [0.2, 0.25) is 0 Å². The number of imidazole rings is 1. The first-order valence-electron chi connectivity index (χ1n) is 8.65. The number of nitrogens with one attached hydrogen (secondary N) is 2. The minimum absolute atomic E-state index is 0.0418. The van der Waals surface area contributed by atoms with Gasteiger partial charge in [0.1, 0.15) is 0 Å². The second-order valence-electron chi connectivity index (χ2n) is 6.22. The molecule has 0 aliphatic carbocycles. The van der Waals surface area contributed by atoms with Gasteiger partial charge in [-0.2, -0.15) is 18.3 Å². The molecular weight excluding hydrogens is 389 g/mol. The normalized spacial score (nSPS) is 11.4. The van der Waals surface area contributed by atoms with Crippen LogP contribution >= 0.6 is 0 Å². The van der Waals surface area contributed by atoms with Crippen LogP contribution in [0, 0.1) is 0 Å². The standard InChI is InChI=1S/C18H17F3N6O2/c19-18(20,21)4-3-16(28)23-7-12-6-15-26-14(11-27(15)25-8-12)10-24-17(29)13-2-1-5-22-9-13/h1-2,5-6,8-9,11H,3-4,7,10H2,(H,23,28)(H,24,29). The highest BCUT2D eigenvalue weighted by Gasteiger charge is 2.27. The third-order valence-electron chi connectivity index (χ3n) is 3.91. The number of rotatable bonds is 7. The molecule has 3 aromatic rings. The van der Waals surface area contributed by atoms with Gasteiger partial charge in [-0.25, -0.2) is 9.50 Å². The number of fused-ring (bicyclic) bond motifs is 1. The Kier molecular flexibility index (Phi) is 6.05. The third kappa shape index (κ3) is 5.99. The van der Waals surface area contributed by atoms with Gasteiger partial charge in [0.2, 0.25) is 5.91 Å². The average Bonchev–Trinajstić information content (AvgIpc) is 3.11. The molecule has 0 aromatic carbocycles. The van der Waals surface area contributed by atoms with Crippen LogP contribution in [0.4, 0.5) is 13.2 Å². The highest BCUT2D eigenvalue weighted by molar-refractivity contribution is 5.93. The van der Waals surface area contributed by atoms with Gasteiger partial charge in [-0.05, 0) is 23.8 Å². The molecule has 2 amide bonds. The minimum Gasteiger partial charge on any atom is -0.352 e. The Balaban J connectivity index is 1.55. The monoisotopic (exact) mass is 406 g/mol. The molecule has 0 saturated carbocycles. The first kappa shape index (κ1) is 20.2. The van der Waals surface area contributed by atoms with E-state index in [1.165, 1.54) is 16.9 Å². The van der Waals surface area contributed by atoms with E-state index < -0.39 is 24.9 Å². The summed E-state index contributed by atoms with van der Waals surface area (Å²) in [5.74, 6) is -0.977. The number of halogens is 3. The first-order valence-corrected chi connectivity index (χ1v) is 8.65. The van der Waals surface area contributed by atoms with Crippen molar-refractivity contribution in [1.82, 2.24) is 30.2 Å². The lowest BCUT2D eigenvalue weighted by atomic mass is 10.2. The molecule has 0 aliphatic heterocycles. The topological polar surface area (TPSA) is 101 Å². The summed E-state index contributed by atoms with van der Waals surface area (Å²) >= 11 is 0. The Labute approximate surface area is 163 Å². The number of amides is 2. The summed E-state index contributed by atoms with van der Waals surface area (Å²) in [5, 5.41) is 9.30. The summed E-state index contributed by atoms with van der Waals surface area (Å²) in [6.45, 7) is 0.223. The molecule has 0 unspecified atom stereocenters. The van der Waals surface area contributed by atoms with Crippen LogP contribution in [-0.4, -0.2) is 37.6 Å². The van der Waals surface area contributed by atoms with Crippen LogP contribution in [0.1, 0.15) is 34.5 Å². The lowest BCUT2D eigenvalue weighted by Gasteiger charge is -2.07. The smallest absolute Gasteiger partial charge is 0.352 e. The number of aromatic nitrogens is 4. The second-order valence-corrected chi connectivity index (χ2v) is 6.22. The summed E-state index contributed by atoms with van der Waals surface area (Å²) in [5.41, 5.74) is 2.08. The van der Waals surface area contributed by atoms with Crippen molar-refractivity contribution < 1.29 is 22.8 Å². The molecule has 0 radical (unpaired) electrons. The van der Waals surface area contributed by atoms with Gasteiger partial charge in [0, 0.05) is 25.4 Å². The molecule has 11 heteroatoms. The first-order chi connectivity index (χ1) is 13.8. The maximum absolute atomic E-state index is 12.1. The van der Waals surface area contributed by atoms with E-state index in [4.69, 9.17) is 0 Å². The van der Waals surface area contributed by atoms with Gasteiger partial charge >= 0.3 is 6.18 Å². The van der Waals surface area contributed by atoms with Gasteiger partial charge in [-0.1, -0.05) is 0 Å². The summed E-state index contributed by atoms with van der Waals surface area (Å²) in [6, 6.07) is 4.96. The number of carbonyl (C=O) groups is 2. The molecule has 3 rings (SSSR count). The molecule has 8 nitrogen and oxygen atoms in total. The summed E-state index contributed by atoms with van der Waals surface area (Å²) in [6.07, 6.45) is 0.00231. The number of carbonyl (C=O) groups excluding carboxylic acids is 2. The maximum atomic E-state index is 12.1. The van der Waals surface area contributed by atoms with E-state index in [0.29, 0.717) is 22.5 Å². The number of hydrogen-bond acceptors (Lipinski definition) is 5. The van der Waals surface area contributed by atoms with Crippen molar-refractivity contribution in [3.05, 3.63) is 59.8 Å². The Morgan fingerprint density at radius 3 is 2.69 bits per heavy atom. The van der Waals surface area contributed by atoms with Crippen molar-refractivity contribution in [2.24, 2.45) is 0 Å². The fourth-order valence-electron chi connectivity index (χ4n) is 2.46. The van der Waals surface area contributed by atoms with Gasteiger partial charge in [0.15, 0.2) is 5.65 Å². The van der Waals surface area contributed by atoms with Gasteiger partial charge < -0.3 is 10.6 Å². The van der Waals surface area contributed by atoms with E-state index in [0.717, 1.165) is 0 Å². The van der Waals surface area contributed by atoms with Crippen molar-refractivity contribution in [3.63, 3.8) is 0 Å². The van der Waals surface area contributed by atoms with Crippen molar-refractivity contribution in [1.29, 1.82) is 0 Å². The lowest BCUT2D eigenvalue weighted by molar-refractivity contribution is -0.144. The van der Waals surface area contributed by atoms with Crippen molar-refractivity contribution in [2.45, 2.75) is 32.1 Å². The van der Waals surface area contributed by atoms with Crippen LogP contribution in [0.25, 0.3) is 5.65 Å². The summed E-state index contributed by atoms with van der Waals surface area (Å²) in [4.78, 5) is 31.8. The van der Waals surface area contributed by atoms with Crippen molar-refractivity contribution >= 4 is 17.5 Å². The molecule has 3 heterocycles. The predicted molar refractivity (Wildman–Crippen MR) is 95.5 cm³/mol. The molecule has 0 saturated heterocycles. The second kappa shape index (κ2) is 8.67. The van der Waals surface area contributed by atoms with Gasteiger partial charge in [-0.3, -0.25) is 14.6 Å². The Bertz CT molecular complexity index is 1000. The van der Waals surface area contributed by atoms with E-state index in [1.54, 1.807) is 30.6 Å². The van der Waals surface area contributed by atoms with Crippen LogP contribution in [0.15, 0.2) is 43.0 Å². The van der Waals surface area contributed by atoms with Gasteiger partial charge in [0.25, 0.3) is 5.91 Å². The summed E-state index contributed by atoms with van der Waals surface area (Å²) < 4.78 is 37.9. The zero-order chi connectivity index (χ0) is 20.9. The quantitative estimate of drug-likeness (QED) is 0.625. The zero-order valence-electron chi connectivity index (χ0n) is 15.1. The van der Waals surface area contributed by atoms with Gasteiger partial charge in [0.05, 0.1) is 36.6 Å². The van der Waals surface area contributed by atoms with Crippen molar-refractivity contribution in [3.8, 4) is 0 Å². The van der Waals surface area contributed by atoms with Gasteiger partial charge in [-0.15, -0.1) is 0 Å². The van der Waals surface area contributed by atoms with E-state index in [2.05, 4.69) is 25.7 Å². The van der Waals surface area contributed by atoms with Crippen molar-refractivity contribution in [2.75, 3.05) is 0 Å². The van der Waals surface area contributed by atoms with E-state index in [1.807, 2.05) is 0 Å². The highest BCUT2D eigenvalue weighted by Crippen LogP contribution is 2.21. The number of nitrogens with zero attached hydrogens (tertiary/aromatic N) is 4. The van der Waals surface area contributed by atoms with E-state index in [9.17, 15) is 22.8 Å². The van der Waals surface area contributed by atoms with E-state index in [-0.39, 0.29) is 19.0 Å². The molecule has 0 bridgehead atoms. The maximum Gasteiger partial charge on any atom is 0.389 e. The molecular formula is C18H17F3N6O2. The van der Waals surface area contributed by atoms with Crippen LogP contribution < -0.4 is 10.6 Å². The SMILES string of the molecule is O=C(CCC(F)(F)F)NCc1cnn2cc(CNC(=O)c3cccnc3)nc2c1. The Hall–Kier alpha value is -3.50. The molecule has 3 aromatic heterocycles. The molecule has 0 fully saturated rings. The van der Waals surface area contributed by atoms with Crippen LogP contribution in [-0.2, 0) is 17.9 Å². The van der Waals surface area contributed by atoms with E-state index >= 15 is 0 Å². The largest absolute Gasteiger partial charge is 0.389 e.